The van der Waals surface area contributed by atoms with Crippen LogP contribution in [0.4, 0.5) is 11.4 Å². The normalized spacial score (nSPS) is 11.1. The zero-order valence-electron chi connectivity index (χ0n) is 12.4. The van der Waals surface area contributed by atoms with Crippen LogP contribution in [0.1, 0.15) is 41.0 Å². The van der Waals surface area contributed by atoms with Gasteiger partial charge >= 0.3 is 0 Å². The second-order valence-electron chi connectivity index (χ2n) is 5.50. The number of anilines is 2. The Labute approximate surface area is 112 Å². The molecule has 0 radical (unpaired) electrons. The number of nitrogens with zero attached hydrogens (tertiary/aromatic N) is 2. The quantitative estimate of drug-likeness (QED) is 0.797. The van der Waals surface area contributed by atoms with Gasteiger partial charge in [0.1, 0.15) is 0 Å². The molecular weight excluding hydrogens is 222 g/mol. The van der Waals surface area contributed by atoms with Gasteiger partial charge in [0.2, 0.25) is 0 Å². The molecule has 3 heteroatoms. The van der Waals surface area contributed by atoms with Gasteiger partial charge in [-0.2, -0.15) is 0 Å². The lowest BCUT2D eigenvalue weighted by Crippen LogP contribution is -2.34. The van der Waals surface area contributed by atoms with Crippen LogP contribution in [0.25, 0.3) is 0 Å². The average Bonchev–Trinajstić information content (AvgIpc) is 2.33. The summed E-state index contributed by atoms with van der Waals surface area (Å²) in [6, 6.07) is 2.70. The first-order valence-electron chi connectivity index (χ1n) is 7.00. The molecule has 0 saturated heterocycles. The maximum Gasteiger partial charge on any atom is 0.0575 e. The Morgan fingerprint density at radius 3 is 2.50 bits per heavy atom. The van der Waals surface area contributed by atoms with Crippen LogP contribution in [-0.2, 0) is 0 Å². The van der Waals surface area contributed by atoms with Crippen LogP contribution in [0.15, 0.2) is 18.5 Å². The Balaban J connectivity index is 2.83. The van der Waals surface area contributed by atoms with E-state index < -0.39 is 0 Å². The van der Waals surface area contributed by atoms with Crippen LogP contribution in [-0.4, -0.2) is 24.1 Å². The molecule has 0 unspecified atom stereocenters. The lowest BCUT2D eigenvalue weighted by Gasteiger charge is -2.30. The highest BCUT2D eigenvalue weighted by molar-refractivity contribution is 5.56. The summed E-state index contributed by atoms with van der Waals surface area (Å²) in [4.78, 5) is 6.76. The minimum Gasteiger partial charge on any atom is -0.384 e. The van der Waals surface area contributed by atoms with Crippen LogP contribution < -0.4 is 10.2 Å². The smallest absolute Gasteiger partial charge is 0.0575 e. The van der Waals surface area contributed by atoms with E-state index in [9.17, 15) is 0 Å². The third-order valence-electron chi connectivity index (χ3n) is 2.82. The van der Waals surface area contributed by atoms with E-state index in [4.69, 9.17) is 0 Å². The summed E-state index contributed by atoms with van der Waals surface area (Å²) >= 11 is 0. The molecule has 0 atom stereocenters. The van der Waals surface area contributed by atoms with Gasteiger partial charge in [0.05, 0.1) is 23.8 Å². The van der Waals surface area contributed by atoms with E-state index >= 15 is 0 Å². The van der Waals surface area contributed by atoms with Crippen LogP contribution in [0.2, 0.25) is 0 Å². The Morgan fingerprint density at radius 1 is 1.22 bits per heavy atom. The fraction of sp³-hybridized carbons (Fsp3) is 0.667. The van der Waals surface area contributed by atoms with Crippen molar-refractivity contribution in [3.05, 3.63) is 18.5 Å². The third-order valence-corrected chi connectivity index (χ3v) is 2.82. The predicted octanol–water partition coefficient (Wildman–Crippen LogP) is 3.77. The Hall–Kier alpha value is -1.25. The molecule has 1 aromatic rings. The fourth-order valence-corrected chi connectivity index (χ4v) is 1.96. The van der Waals surface area contributed by atoms with Crippen molar-refractivity contribution >= 4 is 11.4 Å². The van der Waals surface area contributed by atoms with Gasteiger partial charge in [-0.3, -0.25) is 4.98 Å². The summed E-state index contributed by atoms with van der Waals surface area (Å²) in [7, 11) is 0. The van der Waals surface area contributed by atoms with Crippen molar-refractivity contribution in [2.45, 2.75) is 47.1 Å². The molecule has 0 amide bonds. The van der Waals surface area contributed by atoms with Crippen molar-refractivity contribution < 1.29 is 0 Å². The largest absolute Gasteiger partial charge is 0.384 e. The maximum atomic E-state index is 4.34. The van der Waals surface area contributed by atoms with E-state index in [0.29, 0.717) is 12.0 Å². The molecule has 1 N–H and O–H groups in total. The van der Waals surface area contributed by atoms with Crippen molar-refractivity contribution in [2.75, 3.05) is 23.3 Å². The second kappa shape index (κ2) is 7.24. The zero-order chi connectivity index (χ0) is 13.5. The summed E-state index contributed by atoms with van der Waals surface area (Å²) in [6.45, 7) is 13.2. The lowest BCUT2D eigenvalue weighted by molar-refractivity contribution is 0.570. The van der Waals surface area contributed by atoms with Crippen LogP contribution >= 0.6 is 0 Å². The number of nitrogens with one attached hydrogen (secondary N) is 1. The van der Waals surface area contributed by atoms with Crippen molar-refractivity contribution in [3.63, 3.8) is 0 Å². The molecule has 1 rings (SSSR count). The van der Waals surface area contributed by atoms with E-state index in [0.717, 1.165) is 25.2 Å². The van der Waals surface area contributed by atoms with Crippen molar-refractivity contribution in [2.24, 2.45) is 5.92 Å². The molecule has 0 bridgehead atoms. The second-order valence-corrected chi connectivity index (χ2v) is 5.50. The van der Waals surface area contributed by atoms with E-state index in [-0.39, 0.29) is 0 Å². The Kier molecular flexibility index (Phi) is 5.96. The highest BCUT2D eigenvalue weighted by atomic mass is 15.2. The molecule has 102 valence electrons. The van der Waals surface area contributed by atoms with Crippen molar-refractivity contribution in [3.8, 4) is 0 Å². The van der Waals surface area contributed by atoms with Gasteiger partial charge in [-0.1, -0.05) is 20.8 Å². The van der Waals surface area contributed by atoms with Gasteiger partial charge < -0.3 is 10.2 Å². The van der Waals surface area contributed by atoms with E-state index in [2.05, 4.69) is 55.9 Å². The zero-order valence-corrected chi connectivity index (χ0v) is 12.4. The van der Waals surface area contributed by atoms with Crippen molar-refractivity contribution in [1.29, 1.82) is 0 Å². The lowest BCUT2D eigenvalue weighted by atomic mass is 10.1. The molecule has 0 saturated carbocycles. The van der Waals surface area contributed by atoms with E-state index in [1.807, 2.05) is 12.4 Å². The van der Waals surface area contributed by atoms with Crippen LogP contribution in [0, 0.1) is 5.92 Å². The molecule has 1 aromatic heterocycles. The highest BCUT2D eigenvalue weighted by Crippen LogP contribution is 2.21. The van der Waals surface area contributed by atoms with Gasteiger partial charge in [-0.05, 0) is 32.3 Å². The topological polar surface area (TPSA) is 28.2 Å². The SMILES string of the molecule is CCCNc1cncc(N(CC(C)C)C(C)C)c1. The molecule has 0 aliphatic rings. The Bertz CT molecular complexity index is 347. The number of pyridine rings is 1. The number of rotatable bonds is 7. The number of hydrogen-bond donors (Lipinski definition) is 1. The van der Waals surface area contributed by atoms with Gasteiger partial charge in [-0.15, -0.1) is 0 Å². The van der Waals surface area contributed by atoms with Crippen molar-refractivity contribution in [1.82, 2.24) is 4.98 Å². The minimum atomic E-state index is 0.496. The summed E-state index contributed by atoms with van der Waals surface area (Å²) in [6.07, 6.45) is 4.98. The molecule has 18 heavy (non-hydrogen) atoms. The summed E-state index contributed by atoms with van der Waals surface area (Å²) in [5, 5.41) is 3.39. The first kappa shape index (κ1) is 14.8. The van der Waals surface area contributed by atoms with E-state index in [1.165, 1.54) is 5.69 Å². The molecule has 0 aliphatic carbocycles. The summed E-state index contributed by atoms with van der Waals surface area (Å²) in [5.41, 5.74) is 2.32. The first-order valence-corrected chi connectivity index (χ1v) is 7.00. The van der Waals surface area contributed by atoms with Crippen LogP contribution in [0.5, 0.6) is 0 Å². The average molecular weight is 249 g/mol. The van der Waals surface area contributed by atoms with Gasteiger partial charge in [-0.25, -0.2) is 0 Å². The Morgan fingerprint density at radius 2 is 1.94 bits per heavy atom. The number of hydrogen-bond acceptors (Lipinski definition) is 3. The third kappa shape index (κ3) is 4.55. The predicted molar refractivity (Wildman–Crippen MR) is 80.3 cm³/mol. The summed E-state index contributed by atoms with van der Waals surface area (Å²) in [5.74, 6) is 0.652. The fourth-order valence-electron chi connectivity index (χ4n) is 1.96. The van der Waals surface area contributed by atoms with E-state index in [1.54, 1.807) is 0 Å². The molecular formula is C15H27N3. The molecule has 0 fully saturated rings. The molecule has 0 aliphatic heterocycles. The van der Waals surface area contributed by atoms with Crippen LogP contribution in [0.3, 0.4) is 0 Å². The highest BCUT2D eigenvalue weighted by Gasteiger charge is 2.12. The monoisotopic (exact) mass is 249 g/mol. The molecule has 1 heterocycles. The molecule has 0 spiro atoms. The van der Waals surface area contributed by atoms with Gasteiger partial charge in [0.15, 0.2) is 0 Å². The molecule has 3 nitrogen and oxygen atoms in total. The van der Waals surface area contributed by atoms with Gasteiger partial charge in [0.25, 0.3) is 0 Å². The van der Waals surface area contributed by atoms with Gasteiger partial charge in [0, 0.05) is 19.1 Å². The first-order chi connectivity index (χ1) is 8.54. The summed E-state index contributed by atoms with van der Waals surface area (Å²) < 4.78 is 0. The standard InChI is InChI=1S/C15H27N3/c1-6-7-17-14-8-15(10-16-9-14)18(13(4)5)11-12(2)3/h8-10,12-13,17H,6-7,11H2,1-5H3. The molecule has 0 aromatic carbocycles. The minimum absolute atomic E-state index is 0.496. The maximum absolute atomic E-state index is 4.34. The number of aromatic nitrogens is 1.